The largest absolute Gasteiger partial charge is 0.336 e. The van der Waals surface area contributed by atoms with E-state index in [1.165, 1.54) is 23.1 Å². The number of amides is 1. The highest BCUT2D eigenvalue weighted by Gasteiger charge is 2.33. The Balaban J connectivity index is 2.02. The Bertz CT molecular complexity index is 674. The maximum atomic E-state index is 12.1. The van der Waals surface area contributed by atoms with Crippen LogP contribution in [0.4, 0.5) is 0 Å². The van der Waals surface area contributed by atoms with Gasteiger partial charge in [0.15, 0.2) is 0 Å². The predicted octanol–water partition coefficient (Wildman–Crippen LogP) is 0.0118. The molecule has 0 aromatic carbocycles. The van der Waals surface area contributed by atoms with Gasteiger partial charge in [0.05, 0.1) is 0 Å². The van der Waals surface area contributed by atoms with Crippen molar-refractivity contribution in [3.8, 4) is 0 Å². The van der Waals surface area contributed by atoms with Gasteiger partial charge in [-0.3, -0.25) is 18.6 Å². The van der Waals surface area contributed by atoms with Crippen molar-refractivity contribution in [3.05, 3.63) is 28.2 Å². The molecule has 8 heteroatoms. The number of nitrogens with one attached hydrogen (secondary N) is 1. The van der Waals surface area contributed by atoms with E-state index in [4.69, 9.17) is 4.78 Å². The maximum absolute atomic E-state index is 12.1. The number of hydrogen-bond donors (Lipinski definition) is 1. The summed E-state index contributed by atoms with van der Waals surface area (Å²) in [5, 5.41) is 4.01. The van der Waals surface area contributed by atoms with Crippen LogP contribution in [0.2, 0.25) is 0 Å². The minimum absolute atomic E-state index is 0.117. The first-order chi connectivity index (χ1) is 9.30. The third kappa shape index (κ3) is 3.24. The van der Waals surface area contributed by atoms with E-state index in [2.05, 4.69) is 5.10 Å². The first-order valence-corrected chi connectivity index (χ1v) is 8.52. The summed E-state index contributed by atoms with van der Waals surface area (Å²) in [6.07, 6.45) is 1.41. The summed E-state index contributed by atoms with van der Waals surface area (Å²) in [7, 11) is -2.51. The Hall–Kier alpha value is -1.70. The standard InChI is InChI=1S/C12H18N4O3S/c1-3-16-11(17)5-4-10(14-16)12(18)15-6-9(7-15)8-20(2,13)19/h4-5,9,13H,3,6-8H2,1-2H3. The fourth-order valence-corrected chi connectivity index (χ4v) is 3.35. The summed E-state index contributed by atoms with van der Waals surface area (Å²) in [6.45, 7) is 3.19. The van der Waals surface area contributed by atoms with Crippen molar-refractivity contribution in [2.24, 2.45) is 5.92 Å². The molecule has 0 bridgehead atoms. The van der Waals surface area contributed by atoms with E-state index in [1.54, 1.807) is 11.8 Å². The number of rotatable bonds is 4. The van der Waals surface area contributed by atoms with Gasteiger partial charge in [-0.05, 0) is 13.0 Å². The molecule has 1 aliphatic heterocycles. The van der Waals surface area contributed by atoms with E-state index in [0.717, 1.165) is 0 Å². The van der Waals surface area contributed by atoms with Crippen LogP contribution in [0.5, 0.6) is 0 Å². The summed E-state index contributed by atoms with van der Waals surface area (Å²) in [6, 6.07) is 2.77. The number of hydrogen-bond acceptors (Lipinski definition) is 5. The normalized spacial score (nSPS) is 18.4. The monoisotopic (exact) mass is 298 g/mol. The second-order valence-corrected chi connectivity index (χ2v) is 7.46. The first-order valence-electron chi connectivity index (χ1n) is 6.39. The molecule has 1 saturated heterocycles. The molecule has 1 N–H and O–H groups in total. The van der Waals surface area contributed by atoms with Crippen LogP contribution in [0.25, 0.3) is 0 Å². The zero-order chi connectivity index (χ0) is 14.9. The fraction of sp³-hybridized carbons (Fsp3) is 0.583. The van der Waals surface area contributed by atoms with Gasteiger partial charge in [0, 0.05) is 53.4 Å². The lowest BCUT2D eigenvalue weighted by Crippen LogP contribution is -2.52. The highest BCUT2D eigenvalue weighted by molar-refractivity contribution is 7.91. The van der Waals surface area contributed by atoms with Crippen molar-refractivity contribution in [3.63, 3.8) is 0 Å². The van der Waals surface area contributed by atoms with E-state index in [0.29, 0.717) is 25.4 Å². The number of aryl methyl sites for hydroxylation is 1. The Morgan fingerprint density at radius 2 is 2.15 bits per heavy atom. The van der Waals surface area contributed by atoms with Crippen molar-refractivity contribution in [1.29, 1.82) is 4.78 Å². The lowest BCUT2D eigenvalue weighted by atomic mass is 10.0. The summed E-state index contributed by atoms with van der Waals surface area (Å²) < 4.78 is 20.0. The third-order valence-electron chi connectivity index (χ3n) is 3.18. The molecule has 1 aliphatic rings. The van der Waals surface area contributed by atoms with Crippen LogP contribution < -0.4 is 5.56 Å². The molecule has 1 amide bonds. The topological polar surface area (TPSA) is 96.1 Å². The van der Waals surface area contributed by atoms with Gasteiger partial charge in [-0.15, -0.1) is 0 Å². The van der Waals surface area contributed by atoms with E-state index in [1.807, 2.05) is 0 Å². The SMILES string of the molecule is CCn1nc(C(=O)N2CC(CS(C)(=N)=O)C2)ccc1=O. The molecule has 2 rings (SSSR count). The Morgan fingerprint density at radius 3 is 2.70 bits per heavy atom. The Labute approximate surface area is 117 Å². The van der Waals surface area contributed by atoms with Gasteiger partial charge in [-0.25, -0.2) is 4.68 Å². The smallest absolute Gasteiger partial charge is 0.274 e. The molecular weight excluding hydrogens is 280 g/mol. The van der Waals surface area contributed by atoms with Gasteiger partial charge in [0.2, 0.25) is 0 Å². The minimum atomic E-state index is -2.51. The quantitative estimate of drug-likeness (QED) is 0.847. The number of carbonyl (C=O) groups excluding carboxylic acids is 1. The molecular formula is C12H18N4O3S. The zero-order valence-electron chi connectivity index (χ0n) is 11.5. The molecule has 20 heavy (non-hydrogen) atoms. The molecule has 1 aromatic rings. The molecule has 1 unspecified atom stereocenters. The van der Waals surface area contributed by atoms with Gasteiger partial charge < -0.3 is 4.90 Å². The highest BCUT2D eigenvalue weighted by atomic mass is 32.2. The van der Waals surface area contributed by atoms with Crippen molar-refractivity contribution in [2.75, 3.05) is 25.1 Å². The summed E-state index contributed by atoms with van der Waals surface area (Å²) in [5.74, 6) is 0.209. The van der Waals surface area contributed by atoms with Crippen molar-refractivity contribution in [2.45, 2.75) is 13.5 Å². The Morgan fingerprint density at radius 1 is 1.50 bits per heavy atom. The van der Waals surface area contributed by atoms with E-state index >= 15 is 0 Å². The molecule has 1 atom stereocenters. The highest BCUT2D eigenvalue weighted by Crippen LogP contribution is 2.19. The number of aromatic nitrogens is 2. The van der Waals surface area contributed by atoms with Crippen LogP contribution in [-0.2, 0) is 16.3 Å². The van der Waals surface area contributed by atoms with Crippen molar-refractivity contribution in [1.82, 2.24) is 14.7 Å². The molecule has 0 spiro atoms. The van der Waals surface area contributed by atoms with Gasteiger partial charge in [-0.1, -0.05) is 0 Å². The molecule has 1 aromatic heterocycles. The molecule has 1 fully saturated rings. The van der Waals surface area contributed by atoms with Gasteiger partial charge in [-0.2, -0.15) is 5.10 Å². The van der Waals surface area contributed by atoms with Crippen LogP contribution in [0.1, 0.15) is 17.4 Å². The Kier molecular flexibility index (Phi) is 3.94. The van der Waals surface area contributed by atoms with E-state index in [-0.39, 0.29) is 23.1 Å². The predicted molar refractivity (Wildman–Crippen MR) is 75.2 cm³/mol. The summed E-state index contributed by atoms with van der Waals surface area (Å²) >= 11 is 0. The van der Waals surface area contributed by atoms with Crippen LogP contribution in [0.3, 0.4) is 0 Å². The van der Waals surface area contributed by atoms with Crippen LogP contribution in [0, 0.1) is 10.7 Å². The zero-order valence-corrected chi connectivity index (χ0v) is 12.4. The summed E-state index contributed by atoms with van der Waals surface area (Å²) in [5.41, 5.74) is 0.0125. The molecule has 7 nitrogen and oxygen atoms in total. The van der Waals surface area contributed by atoms with Crippen LogP contribution in [-0.4, -0.2) is 49.9 Å². The van der Waals surface area contributed by atoms with Gasteiger partial charge in [0.1, 0.15) is 5.69 Å². The molecule has 2 heterocycles. The summed E-state index contributed by atoms with van der Waals surface area (Å²) in [4.78, 5) is 25.2. The van der Waals surface area contributed by atoms with Crippen molar-refractivity contribution >= 4 is 15.6 Å². The minimum Gasteiger partial charge on any atom is -0.336 e. The van der Waals surface area contributed by atoms with Crippen LogP contribution >= 0.6 is 0 Å². The second-order valence-electron chi connectivity index (χ2n) is 5.12. The fourth-order valence-electron chi connectivity index (χ4n) is 2.24. The van der Waals surface area contributed by atoms with Gasteiger partial charge in [0.25, 0.3) is 11.5 Å². The molecule has 0 aliphatic carbocycles. The molecule has 0 radical (unpaired) electrons. The molecule has 110 valence electrons. The second kappa shape index (κ2) is 5.35. The molecule has 0 saturated carbocycles. The first kappa shape index (κ1) is 14.7. The van der Waals surface area contributed by atoms with Crippen LogP contribution in [0.15, 0.2) is 16.9 Å². The number of nitrogens with zero attached hydrogens (tertiary/aromatic N) is 3. The third-order valence-corrected chi connectivity index (χ3v) is 4.29. The number of likely N-dealkylation sites (tertiary alicyclic amines) is 1. The average Bonchev–Trinajstić information content (AvgIpc) is 2.32. The lowest BCUT2D eigenvalue weighted by Gasteiger charge is -2.39. The lowest BCUT2D eigenvalue weighted by molar-refractivity contribution is 0.0526. The van der Waals surface area contributed by atoms with E-state index < -0.39 is 9.73 Å². The van der Waals surface area contributed by atoms with Crippen molar-refractivity contribution < 1.29 is 9.00 Å². The van der Waals surface area contributed by atoms with Gasteiger partial charge >= 0.3 is 0 Å². The number of carbonyl (C=O) groups is 1. The van der Waals surface area contributed by atoms with E-state index in [9.17, 15) is 13.8 Å². The average molecular weight is 298 g/mol. The maximum Gasteiger partial charge on any atom is 0.274 e.